The highest BCUT2D eigenvalue weighted by molar-refractivity contribution is 5.50. The van der Waals surface area contributed by atoms with E-state index in [2.05, 4.69) is 50.1 Å². The van der Waals surface area contributed by atoms with Gasteiger partial charge in [-0.1, -0.05) is 32.0 Å². The molecule has 0 fully saturated rings. The van der Waals surface area contributed by atoms with Crippen LogP contribution in [-0.2, 0) is 0 Å². The van der Waals surface area contributed by atoms with Crippen LogP contribution in [0.1, 0.15) is 25.0 Å². The van der Waals surface area contributed by atoms with Crippen LogP contribution in [0.5, 0.6) is 0 Å². The molecular formula is C12H18N2. The standard InChI is InChI=1S/C12H18N2/c1-9(2)8-13-14-12-10(3)6-5-7-11(12)4/h5-7,9H,8H2,1-4H3/b14-13+. The molecule has 1 rings (SSSR count). The Kier molecular flexibility index (Phi) is 3.81. The first-order valence-corrected chi connectivity index (χ1v) is 5.05. The molecule has 0 aliphatic rings. The summed E-state index contributed by atoms with van der Waals surface area (Å²) in [6.07, 6.45) is 0. The van der Waals surface area contributed by atoms with E-state index in [0.717, 1.165) is 12.2 Å². The number of hydrogen-bond donors (Lipinski definition) is 0. The Hall–Kier alpha value is -1.18. The predicted molar refractivity (Wildman–Crippen MR) is 60.1 cm³/mol. The number of nitrogens with zero attached hydrogens (tertiary/aromatic N) is 2. The van der Waals surface area contributed by atoms with Crippen molar-refractivity contribution in [2.45, 2.75) is 27.7 Å². The molecule has 2 nitrogen and oxygen atoms in total. The molecular weight excluding hydrogens is 172 g/mol. The first kappa shape index (κ1) is 10.9. The highest BCUT2D eigenvalue weighted by Crippen LogP contribution is 2.23. The van der Waals surface area contributed by atoms with Gasteiger partial charge in [0, 0.05) is 0 Å². The molecule has 0 aliphatic heterocycles. The molecule has 1 aromatic carbocycles. The lowest BCUT2D eigenvalue weighted by Crippen LogP contribution is -1.90. The number of hydrogen-bond acceptors (Lipinski definition) is 2. The molecule has 0 radical (unpaired) electrons. The number of aryl methyl sites for hydroxylation is 2. The van der Waals surface area contributed by atoms with E-state index in [1.54, 1.807) is 0 Å². The third kappa shape index (κ3) is 2.95. The van der Waals surface area contributed by atoms with Crippen LogP contribution in [0.2, 0.25) is 0 Å². The quantitative estimate of drug-likeness (QED) is 0.642. The van der Waals surface area contributed by atoms with Crippen molar-refractivity contribution < 1.29 is 0 Å². The minimum absolute atomic E-state index is 0.572. The minimum Gasteiger partial charge on any atom is -0.188 e. The lowest BCUT2D eigenvalue weighted by molar-refractivity contribution is 0.647. The van der Waals surface area contributed by atoms with E-state index in [4.69, 9.17) is 0 Å². The second kappa shape index (κ2) is 4.89. The van der Waals surface area contributed by atoms with Crippen LogP contribution in [0.3, 0.4) is 0 Å². The molecule has 0 aliphatic carbocycles. The van der Waals surface area contributed by atoms with E-state index in [0.29, 0.717) is 5.92 Å². The summed E-state index contributed by atoms with van der Waals surface area (Å²) in [7, 11) is 0. The molecule has 0 spiro atoms. The first-order chi connectivity index (χ1) is 6.61. The number of azo groups is 1. The fourth-order valence-corrected chi connectivity index (χ4v) is 1.24. The third-order valence-electron chi connectivity index (χ3n) is 2.06. The zero-order valence-electron chi connectivity index (χ0n) is 9.41. The average Bonchev–Trinajstić information content (AvgIpc) is 2.09. The Bertz CT molecular complexity index is 307. The normalized spacial score (nSPS) is 11.5. The van der Waals surface area contributed by atoms with Gasteiger partial charge in [-0.25, -0.2) is 0 Å². The fourth-order valence-electron chi connectivity index (χ4n) is 1.24. The van der Waals surface area contributed by atoms with E-state index in [-0.39, 0.29) is 0 Å². The molecule has 0 bridgehead atoms. The van der Waals surface area contributed by atoms with Crippen molar-refractivity contribution in [2.24, 2.45) is 16.1 Å². The van der Waals surface area contributed by atoms with E-state index in [9.17, 15) is 0 Å². The summed E-state index contributed by atoms with van der Waals surface area (Å²) in [5.41, 5.74) is 3.41. The fraction of sp³-hybridized carbons (Fsp3) is 0.500. The zero-order valence-corrected chi connectivity index (χ0v) is 9.41. The van der Waals surface area contributed by atoms with Gasteiger partial charge in [0.2, 0.25) is 0 Å². The first-order valence-electron chi connectivity index (χ1n) is 5.05. The smallest absolute Gasteiger partial charge is 0.0910 e. The maximum Gasteiger partial charge on any atom is 0.0910 e. The molecule has 0 atom stereocenters. The van der Waals surface area contributed by atoms with Crippen molar-refractivity contribution in [3.05, 3.63) is 29.3 Å². The SMILES string of the molecule is Cc1cccc(C)c1/N=N/CC(C)C. The topological polar surface area (TPSA) is 24.7 Å². The average molecular weight is 190 g/mol. The van der Waals surface area contributed by atoms with Crippen LogP contribution in [0.25, 0.3) is 0 Å². The van der Waals surface area contributed by atoms with Gasteiger partial charge in [0.25, 0.3) is 0 Å². The van der Waals surface area contributed by atoms with E-state index < -0.39 is 0 Å². The molecule has 0 saturated heterocycles. The van der Waals surface area contributed by atoms with Crippen molar-refractivity contribution in [1.29, 1.82) is 0 Å². The van der Waals surface area contributed by atoms with Gasteiger partial charge in [0.05, 0.1) is 12.2 Å². The van der Waals surface area contributed by atoms with Gasteiger partial charge in [-0.15, -0.1) is 0 Å². The molecule has 0 unspecified atom stereocenters. The number of benzene rings is 1. The van der Waals surface area contributed by atoms with Crippen molar-refractivity contribution in [2.75, 3.05) is 6.54 Å². The highest BCUT2D eigenvalue weighted by Gasteiger charge is 1.99. The summed E-state index contributed by atoms with van der Waals surface area (Å²) in [6, 6.07) is 6.18. The van der Waals surface area contributed by atoms with Gasteiger partial charge in [-0.05, 0) is 30.9 Å². The lowest BCUT2D eigenvalue weighted by Gasteiger charge is -2.02. The van der Waals surface area contributed by atoms with Gasteiger partial charge < -0.3 is 0 Å². The van der Waals surface area contributed by atoms with Gasteiger partial charge in [0.15, 0.2) is 0 Å². The second-order valence-corrected chi connectivity index (χ2v) is 4.06. The van der Waals surface area contributed by atoms with E-state index >= 15 is 0 Å². The van der Waals surface area contributed by atoms with Gasteiger partial charge in [-0.2, -0.15) is 10.2 Å². The van der Waals surface area contributed by atoms with Gasteiger partial charge in [-0.3, -0.25) is 0 Å². The molecule has 0 amide bonds. The molecule has 0 N–H and O–H groups in total. The summed E-state index contributed by atoms with van der Waals surface area (Å²) in [4.78, 5) is 0. The molecule has 0 heterocycles. The van der Waals surface area contributed by atoms with Crippen LogP contribution < -0.4 is 0 Å². The minimum atomic E-state index is 0.572. The molecule has 14 heavy (non-hydrogen) atoms. The molecule has 2 heteroatoms. The Morgan fingerprint density at radius 3 is 2.21 bits per heavy atom. The summed E-state index contributed by atoms with van der Waals surface area (Å²) in [5.74, 6) is 0.572. The molecule has 0 aromatic heterocycles. The summed E-state index contributed by atoms with van der Waals surface area (Å²) < 4.78 is 0. The summed E-state index contributed by atoms with van der Waals surface area (Å²) in [5, 5.41) is 8.46. The van der Waals surface area contributed by atoms with Crippen molar-refractivity contribution in [3.63, 3.8) is 0 Å². The maximum atomic E-state index is 4.27. The van der Waals surface area contributed by atoms with Crippen molar-refractivity contribution in [1.82, 2.24) is 0 Å². The summed E-state index contributed by atoms with van der Waals surface area (Å²) in [6.45, 7) is 9.22. The molecule has 1 aromatic rings. The van der Waals surface area contributed by atoms with Crippen molar-refractivity contribution >= 4 is 5.69 Å². The van der Waals surface area contributed by atoms with Crippen LogP contribution in [0.4, 0.5) is 5.69 Å². The van der Waals surface area contributed by atoms with E-state index in [1.165, 1.54) is 11.1 Å². The van der Waals surface area contributed by atoms with Gasteiger partial charge in [0.1, 0.15) is 0 Å². The van der Waals surface area contributed by atoms with Gasteiger partial charge >= 0.3 is 0 Å². The van der Waals surface area contributed by atoms with E-state index in [1.807, 2.05) is 6.07 Å². The monoisotopic (exact) mass is 190 g/mol. The predicted octanol–water partition coefficient (Wildman–Crippen LogP) is 4.04. The number of rotatable bonds is 3. The van der Waals surface area contributed by atoms with Crippen LogP contribution >= 0.6 is 0 Å². The lowest BCUT2D eigenvalue weighted by atomic mass is 10.1. The Morgan fingerprint density at radius 1 is 1.14 bits per heavy atom. The van der Waals surface area contributed by atoms with Crippen LogP contribution in [-0.4, -0.2) is 6.54 Å². The Morgan fingerprint density at radius 2 is 1.71 bits per heavy atom. The Labute approximate surface area is 86.1 Å². The second-order valence-electron chi connectivity index (χ2n) is 4.06. The van der Waals surface area contributed by atoms with Crippen LogP contribution in [0, 0.1) is 19.8 Å². The van der Waals surface area contributed by atoms with Crippen molar-refractivity contribution in [3.8, 4) is 0 Å². The highest BCUT2D eigenvalue weighted by atomic mass is 15.1. The molecule has 76 valence electrons. The zero-order chi connectivity index (χ0) is 10.6. The van der Waals surface area contributed by atoms with Crippen LogP contribution in [0.15, 0.2) is 28.4 Å². The third-order valence-corrected chi connectivity index (χ3v) is 2.06. The summed E-state index contributed by atoms with van der Waals surface area (Å²) >= 11 is 0. The Balaban J connectivity index is 2.80. The maximum absolute atomic E-state index is 4.27. The molecule has 0 saturated carbocycles. The largest absolute Gasteiger partial charge is 0.188 e.